The first-order valence-electron chi connectivity index (χ1n) is 5.81. The molecule has 0 fully saturated rings. The molecule has 1 aromatic carbocycles. The molecule has 0 bridgehead atoms. The van der Waals surface area contributed by atoms with Crippen molar-refractivity contribution < 1.29 is 8.42 Å². The number of benzene rings is 1. The van der Waals surface area contributed by atoms with Gasteiger partial charge in [0.2, 0.25) is 10.0 Å². The first-order valence-corrected chi connectivity index (χ1v) is 7.36. The Morgan fingerprint density at radius 2 is 2.21 bits per heavy atom. The van der Waals surface area contributed by atoms with E-state index in [1.165, 1.54) is 6.07 Å². The Balaban J connectivity index is 2.04. The van der Waals surface area contributed by atoms with E-state index in [-0.39, 0.29) is 10.9 Å². The molecule has 0 radical (unpaired) electrons. The maximum absolute atomic E-state index is 11.3. The van der Waals surface area contributed by atoms with Crippen LogP contribution in [-0.2, 0) is 16.6 Å². The number of nitrogens with one attached hydrogen (secondary N) is 2. The molecule has 0 amide bonds. The lowest BCUT2D eigenvalue weighted by Crippen LogP contribution is -2.19. The molecule has 1 unspecified atom stereocenters. The molecule has 1 atom stereocenters. The highest BCUT2D eigenvalue weighted by molar-refractivity contribution is 7.89. The van der Waals surface area contributed by atoms with Gasteiger partial charge >= 0.3 is 0 Å². The molecule has 7 heteroatoms. The molecule has 0 aliphatic carbocycles. The van der Waals surface area contributed by atoms with Crippen molar-refractivity contribution in [2.24, 2.45) is 5.14 Å². The molecule has 0 aliphatic rings. The van der Waals surface area contributed by atoms with Crippen LogP contribution in [0.1, 0.15) is 24.2 Å². The summed E-state index contributed by atoms with van der Waals surface area (Å²) in [4.78, 5) is 0.126. The first kappa shape index (κ1) is 13.7. The Hall–Kier alpha value is -1.70. The Kier molecular flexibility index (Phi) is 3.98. The Labute approximate surface area is 112 Å². The van der Waals surface area contributed by atoms with Gasteiger partial charge in [0.1, 0.15) is 0 Å². The molecule has 0 saturated heterocycles. The van der Waals surface area contributed by atoms with Gasteiger partial charge in [0, 0.05) is 18.8 Å². The number of aromatic nitrogens is 2. The molecule has 102 valence electrons. The smallest absolute Gasteiger partial charge is 0.238 e. The van der Waals surface area contributed by atoms with E-state index in [0.29, 0.717) is 6.54 Å². The van der Waals surface area contributed by atoms with Crippen molar-refractivity contribution in [2.75, 3.05) is 0 Å². The summed E-state index contributed by atoms with van der Waals surface area (Å²) in [6, 6.07) is 8.57. The molecule has 4 N–H and O–H groups in total. The summed E-state index contributed by atoms with van der Waals surface area (Å²) >= 11 is 0. The van der Waals surface area contributed by atoms with Gasteiger partial charge in [-0.25, -0.2) is 13.6 Å². The zero-order valence-electron chi connectivity index (χ0n) is 10.5. The number of nitrogens with two attached hydrogens (primary N) is 1. The predicted octanol–water partition coefficient (Wildman–Crippen LogP) is 0.908. The topological polar surface area (TPSA) is 101 Å². The van der Waals surface area contributed by atoms with E-state index in [4.69, 9.17) is 5.14 Å². The number of rotatable bonds is 5. The van der Waals surface area contributed by atoms with Crippen LogP contribution in [0.3, 0.4) is 0 Å². The number of sulfonamides is 1. The lowest BCUT2D eigenvalue weighted by Gasteiger charge is -2.12. The fraction of sp³-hybridized carbons (Fsp3) is 0.250. The van der Waals surface area contributed by atoms with Gasteiger partial charge in [-0.1, -0.05) is 12.1 Å². The fourth-order valence-electron chi connectivity index (χ4n) is 1.72. The molecule has 1 aromatic heterocycles. The monoisotopic (exact) mass is 280 g/mol. The normalized spacial score (nSPS) is 13.4. The summed E-state index contributed by atoms with van der Waals surface area (Å²) in [6.45, 7) is 2.54. The predicted molar refractivity (Wildman–Crippen MR) is 71.7 cm³/mol. The SMILES string of the molecule is CC(NCc1cccc(S(N)(=O)=O)c1)c1ccn[nH]1. The summed E-state index contributed by atoms with van der Waals surface area (Å²) in [7, 11) is -3.65. The summed E-state index contributed by atoms with van der Waals surface area (Å²) in [5.74, 6) is 0. The molecule has 0 saturated carbocycles. The second-order valence-electron chi connectivity index (χ2n) is 4.31. The average molecular weight is 280 g/mol. The van der Waals surface area contributed by atoms with Crippen molar-refractivity contribution in [3.63, 3.8) is 0 Å². The number of H-pyrrole nitrogens is 1. The van der Waals surface area contributed by atoms with Crippen molar-refractivity contribution in [1.29, 1.82) is 0 Å². The quantitative estimate of drug-likeness (QED) is 0.757. The van der Waals surface area contributed by atoms with Crippen LogP contribution in [0.4, 0.5) is 0 Å². The maximum atomic E-state index is 11.3. The van der Waals surface area contributed by atoms with Crippen LogP contribution in [0.25, 0.3) is 0 Å². The third-order valence-electron chi connectivity index (χ3n) is 2.83. The number of aromatic amines is 1. The maximum Gasteiger partial charge on any atom is 0.238 e. The van der Waals surface area contributed by atoms with Crippen LogP contribution in [-0.4, -0.2) is 18.6 Å². The molecule has 19 heavy (non-hydrogen) atoms. The minimum atomic E-state index is -3.65. The van der Waals surface area contributed by atoms with Crippen molar-refractivity contribution in [3.8, 4) is 0 Å². The number of hydrogen-bond donors (Lipinski definition) is 3. The van der Waals surface area contributed by atoms with Crippen LogP contribution >= 0.6 is 0 Å². The highest BCUT2D eigenvalue weighted by Gasteiger charge is 2.09. The molecule has 2 aromatic rings. The number of hydrogen-bond acceptors (Lipinski definition) is 4. The van der Waals surface area contributed by atoms with Gasteiger partial charge in [-0.3, -0.25) is 5.10 Å². The highest BCUT2D eigenvalue weighted by Crippen LogP contribution is 2.12. The van der Waals surface area contributed by atoms with E-state index in [0.717, 1.165) is 11.3 Å². The van der Waals surface area contributed by atoms with Crippen molar-refractivity contribution in [3.05, 3.63) is 47.8 Å². The van der Waals surface area contributed by atoms with E-state index in [1.54, 1.807) is 18.3 Å². The first-order chi connectivity index (χ1) is 8.97. The standard InChI is InChI=1S/C12H16N4O2S/c1-9(12-5-6-15-16-12)14-8-10-3-2-4-11(7-10)19(13,17)18/h2-7,9,14H,8H2,1H3,(H,15,16)(H2,13,17,18). The minimum Gasteiger partial charge on any atom is -0.305 e. The van der Waals surface area contributed by atoms with Crippen molar-refractivity contribution in [2.45, 2.75) is 24.4 Å². The van der Waals surface area contributed by atoms with Gasteiger partial charge in [-0.2, -0.15) is 5.10 Å². The van der Waals surface area contributed by atoms with Gasteiger partial charge in [-0.15, -0.1) is 0 Å². The van der Waals surface area contributed by atoms with Gasteiger partial charge < -0.3 is 5.32 Å². The zero-order valence-corrected chi connectivity index (χ0v) is 11.3. The van der Waals surface area contributed by atoms with E-state index in [1.807, 2.05) is 19.1 Å². The third kappa shape index (κ3) is 3.63. The van der Waals surface area contributed by atoms with E-state index in [2.05, 4.69) is 15.5 Å². The van der Waals surface area contributed by atoms with Crippen LogP contribution in [0, 0.1) is 0 Å². The van der Waals surface area contributed by atoms with E-state index >= 15 is 0 Å². The molecular formula is C12H16N4O2S. The third-order valence-corrected chi connectivity index (χ3v) is 3.74. The Morgan fingerprint density at radius 3 is 2.84 bits per heavy atom. The lowest BCUT2D eigenvalue weighted by molar-refractivity contribution is 0.559. The Morgan fingerprint density at radius 1 is 1.42 bits per heavy atom. The molecule has 1 heterocycles. The van der Waals surface area contributed by atoms with Crippen LogP contribution < -0.4 is 10.5 Å². The average Bonchev–Trinajstić information content (AvgIpc) is 2.89. The van der Waals surface area contributed by atoms with E-state index in [9.17, 15) is 8.42 Å². The van der Waals surface area contributed by atoms with Crippen molar-refractivity contribution >= 4 is 10.0 Å². The number of nitrogens with zero attached hydrogens (tertiary/aromatic N) is 1. The van der Waals surface area contributed by atoms with E-state index < -0.39 is 10.0 Å². The van der Waals surface area contributed by atoms with Gasteiger partial charge in [0.25, 0.3) is 0 Å². The van der Waals surface area contributed by atoms with Gasteiger partial charge in [0.05, 0.1) is 10.6 Å². The molecular weight excluding hydrogens is 264 g/mol. The zero-order chi connectivity index (χ0) is 13.9. The second-order valence-corrected chi connectivity index (χ2v) is 5.87. The summed E-state index contributed by atoms with van der Waals surface area (Å²) < 4.78 is 22.5. The second kappa shape index (κ2) is 5.52. The number of primary sulfonamides is 1. The van der Waals surface area contributed by atoms with Crippen LogP contribution in [0.5, 0.6) is 0 Å². The summed E-state index contributed by atoms with van der Waals surface area (Å²) in [5, 5.41) is 15.1. The largest absolute Gasteiger partial charge is 0.305 e. The minimum absolute atomic E-state index is 0.0978. The molecule has 2 rings (SSSR count). The molecule has 0 aliphatic heterocycles. The fourth-order valence-corrected chi connectivity index (χ4v) is 2.31. The van der Waals surface area contributed by atoms with Gasteiger partial charge in [-0.05, 0) is 30.7 Å². The van der Waals surface area contributed by atoms with Gasteiger partial charge in [0.15, 0.2) is 0 Å². The molecule has 0 spiro atoms. The molecule has 6 nitrogen and oxygen atoms in total. The Bertz CT molecular complexity index is 638. The lowest BCUT2D eigenvalue weighted by atomic mass is 10.2. The van der Waals surface area contributed by atoms with Crippen molar-refractivity contribution in [1.82, 2.24) is 15.5 Å². The summed E-state index contributed by atoms with van der Waals surface area (Å²) in [5.41, 5.74) is 1.83. The summed E-state index contributed by atoms with van der Waals surface area (Å²) in [6.07, 6.45) is 1.69. The van der Waals surface area contributed by atoms with Crippen LogP contribution in [0.2, 0.25) is 0 Å². The highest BCUT2D eigenvalue weighted by atomic mass is 32.2. The van der Waals surface area contributed by atoms with Crippen LogP contribution in [0.15, 0.2) is 41.4 Å².